The lowest BCUT2D eigenvalue weighted by atomic mass is 9.80. The van der Waals surface area contributed by atoms with Gasteiger partial charge in [0.1, 0.15) is 5.60 Å². The van der Waals surface area contributed by atoms with Crippen LogP contribution in [0.2, 0.25) is 0 Å². The van der Waals surface area contributed by atoms with Gasteiger partial charge in [0.15, 0.2) is 6.29 Å². The standard InChI is InChI=1S/C25H24O3S/c1-26-24-23-22(29-23)21(28-24)17-27-25(18-11-5-2-6-12-18,19-13-7-3-8-14-19)20-15-9-4-10-16-20/h2-16,21-24H,17H2,1H3. The van der Waals surface area contributed by atoms with E-state index in [1.165, 1.54) is 0 Å². The second kappa shape index (κ2) is 7.96. The molecule has 0 radical (unpaired) electrons. The van der Waals surface area contributed by atoms with Crippen molar-refractivity contribution in [1.82, 2.24) is 0 Å². The minimum Gasteiger partial charge on any atom is -0.358 e. The Hall–Kier alpha value is -2.11. The van der Waals surface area contributed by atoms with Crippen molar-refractivity contribution in [2.75, 3.05) is 13.7 Å². The molecular formula is C25H24O3S. The van der Waals surface area contributed by atoms with Crippen molar-refractivity contribution in [3.8, 4) is 0 Å². The Labute approximate surface area is 176 Å². The molecule has 0 N–H and O–H groups in total. The largest absolute Gasteiger partial charge is 0.358 e. The van der Waals surface area contributed by atoms with Crippen LogP contribution in [-0.4, -0.2) is 36.6 Å². The van der Waals surface area contributed by atoms with Crippen LogP contribution < -0.4 is 0 Å². The van der Waals surface area contributed by atoms with Crippen LogP contribution in [0.25, 0.3) is 0 Å². The predicted octanol–water partition coefficient (Wildman–Crippen LogP) is 4.85. The Kier molecular flexibility index (Phi) is 5.18. The van der Waals surface area contributed by atoms with E-state index in [0.717, 1.165) is 16.7 Å². The molecule has 4 unspecified atom stereocenters. The number of benzene rings is 3. The summed E-state index contributed by atoms with van der Waals surface area (Å²) < 4.78 is 18.5. The normalized spacial score (nSPS) is 25.6. The number of fused-ring (bicyclic) bond motifs is 1. The van der Waals surface area contributed by atoms with E-state index >= 15 is 0 Å². The van der Waals surface area contributed by atoms with Crippen molar-refractivity contribution in [2.45, 2.75) is 28.5 Å². The average molecular weight is 405 g/mol. The topological polar surface area (TPSA) is 27.7 Å². The van der Waals surface area contributed by atoms with E-state index in [9.17, 15) is 0 Å². The maximum Gasteiger partial charge on any atom is 0.170 e. The zero-order valence-corrected chi connectivity index (χ0v) is 17.1. The van der Waals surface area contributed by atoms with Crippen molar-refractivity contribution in [3.05, 3.63) is 108 Å². The molecule has 4 atom stereocenters. The number of ether oxygens (including phenoxy) is 3. The summed E-state index contributed by atoms with van der Waals surface area (Å²) in [6.07, 6.45) is -0.0939. The molecule has 2 aliphatic heterocycles. The number of thioether (sulfide) groups is 1. The fraction of sp³-hybridized carbons (Fsp3) is 0.280. The van der Waals surface area contributed by atoms with Crippen LogP contribution in [0.1, 0.15) is 16.7 Å². The Morgan fingerprint density at radius 2 is 1.24 bits per heavy atom. The number of hydrogen-bond acceptors (Lipinski definition) is 4. The van der Waals surface area contributed by atoms with Gasteiger partial charge < -0.3 is 14.2 Å². The first kappa shape index (κ1) is 18.9. The molecule has 29 heavy (non-hydrogen) atoms. The van der Waals surface area contributed by atoms with E-state index < -0.39 is 5.60 Å². The van der Waals surface area contributed by atoms with Gasteiger partial charge in [-0.25, -0.2) is 0 Å². The van der Waals surface area contributed by atoms with E-state index in [4.69, 9.17) is 14.2 Å². The Bertz CT molecular complexity index is 835. The monoisotopic (exact) mass is 404 g/mol. The van der Waals surface area contributed by atoms with Crippen molar-refractivity contribution in [2.24, 2.45) is 0 Å². The van der Waals surface area contributed by atoms with Crippen LogP contribution in [0, 0.1) is 0 Å². The molecule has 2 saturated heterocycles. The van der Waals surface area contributed by atoms with Gasteiger partial charge in [-0.15, -0.1) is 11.8 Å². The van der Waals surface area contributed by atoms with Crippen molar-refractivity contribution in [1.29, 1.82) is 0 Å². The maximum atomic E-state index is 6.87. The molecule has 0 saturated carbocycles. The van der Waals surface area contributed by atoms with E-state index in [1.807, 2.05) is 30.0 Å². The summed E-state index contributed by atoms with van der Waals surface area (Å²) >= 11 is 1.93. The lowest BCUT2D eigenvalue weighted by Crippen LogP contribution is -2.37. The van der Waals surface area contributed by atoms with Gasteiger partial charge in [0.2, 0.25) is 0 Å². The first-order valence-electron chi connectivity index (χ1n) is 9.97. The van der Waals surface area contributed by atoms with E-state index in [-0.39, 0.29) is 12.4 Å². The van der Waals surface area contributed by atoms with Crippen LogP contribution >= 0.6 is 11.8 Å². The lowest BCUT2D eigenvalue weighted by Gasteiger charge is -2.37. The zero-order valence-electron chi connectivity index (χ0n) is 16.3. The summed E-state index contributed by atoms with van der Waals surface area (Å²) in [4.78, 5) is 0. The molecule has 148 valence electrons. The highest BCUT2D eigenvalue weighted by molar-refractivity contribution is 8.07. The van der Waals surface area contributed by atoms with Gasteiger partial charge in [-0.05, 0) is 16.7 Å². The van der Waals surface area contributed by atoms with Gasteiger partial charge in [-0.2, -0.15) is 0 Å². The summed E-state index contributed by atoms with van der Waals surface area (Å²) in [7, 11) is 1.71. The number of hydrogen-bond donors (Lipinski definition) is 0. The highest BCUT2D eigenvalue weighted by Crippen LogP contribution is 2.54. The molecule has 0 aliphatic carbocycles. The van der Waals surface area contributed by atoms with Crippen LogP contribution in [0.15, 0.2) is 91.0 Å². The second-order valence-corrected chi connectivity index (χ2v) is 8.80. The molecular weight excluding hydrogens is 380 g/mol. The van der Waals surface area contributed by atoms with Gasteiger partial charge >= 0.3 is 0 Å². The summed E-state index contributed by atoms with van der Waals surface area (Å²) in [5.74, 6) is 0. The molecule has 3 aromatic rings. The van der Waals surface area contributed by atoms with Gasteiger partial charge in [-0.1, -0.05) is 91.0 Å². The molecule has 3 aromatic carbocycles. The number of rotatable bonds is 7. The fourth-order valence-electron chi connectivity index (χ4n) is 4.28. The third-order valence-corrected chi connectivity index (χ3v) is 7.17. The van der Waals surface area contributed by atoms with Crippen molar-refractivity contribution in [3.63, 3.8) is 0 Å². The molecule has 3 nitrogen and oxygen atoms in total. The van der Waals surface area contributed by atoms with Crippen molar-refractivity contribution >= 4 is 11.8 Å². The molecule has 2 heterocycles. The lowest BCUT2D eigenvalue weighted by molar-refractivity contribution is -0.138. The van der Waals surface area contributed by atoms with E-state index in [0.29, 0.717) is 17.1 Å². The van der Waals surface area contributed by atoms with Crippen LogP contribution in [-0.2, 0) is 19.8 Å². The predicted molar refractivity (Wildman–Crippen MR) is 116 cm³/mol. The molecule has 5 rings (SSSR count). The van der Waals surface area contributed by atoms with E-state index in [2.05, 4.69) is 72.8 Å². The SMILES string of the molecule is COC1OC(COC(c2ccccc2)(c2ccccc2)c2ccccc2)C2SC12. The van der Waals surface area contributed by atoms with Crippen molar-refractivity contribution < 1.29 is 14.2 Å². The third-order valence-electron chi connectivity index (χ3n) is 5.74. The smallest absolute Gasteiger partial charge is 0.170 e. The average Bonchev–Trinajstić information content (AvgIpc) is 3.52. The summed E-state index contributed by atoms with van der Waals surface area (Å²) in [5.41, 5.74) is 2.63. The minimum atomic E-state index is -0.701. The first-order chi connectivity index (χ1) is 14.3. The molecule has 4 heteroatoms. The quantitative estimate of drug-likeness (QED) is 0.416. The molecule has 2 fully saturated rings. The third kappa shape index (κ3) is 3.40. The molecule has 0 amide bonds. The zero-order chi connectivity index (χ0) is 19.7. The van der Waals surface area contributed by atoms with Crippen LogP contribution in [0.4, 0.5) is 0 Å². The van der Waals surface area contributed by atoms with Crippen LogP contribution in [0.5, 0.6) is 0 Å². The number of methoxy groups -OCH3 is 1. The summed E-state index contributed by atoms with van der Waals surface area (Å²) in [5, 5.41) is 0.896. The Morgan fingerprint density at radius 3 is 1.66 bits per heavy atom. The highest BCUT2D eigenvalue weighted by Gasteiger charge is 2.58. The van der Waals surface area contributed by atoms with Gasteiger partial charge in [-0.3, -0.25) is 0 Å². The fourth-order valence-corrected chi connectivity index (χ4v) is 5.48. The Balaban J connectivity index is 1.57. The first-order valence-corrected chi connectivity index (χ1v) is 10.9. The molecule has 0 aromatic heterocycles. The molecule has 0 spiro atoms. The van der Waals surface area contributed by atoms with Crippen LogP contribution in [0.3, 0.4) is 0 Å². The highest BCUT2D eigenvalue weighted by atomic mass is 32.2. The maximum absolute atomic E-state index is 6.87. The molecule has 2 aliphatic rings. The van der Waals surface area contributed by atoms with Gasteiger partial charge in [0.05, 0.1) is 23.2 Å². The summed E-state index contributed by atoms with van der Waals surface area (Å²) in [6, 6.07) is 31.4. The second-order valence-electron chi connectivity index (χ2n) is 7.43. The van der Waals surface area contributed by atoms with E-state index in [1.54, 1.807) is 7.11 Å². The summed E-state index contributed by atoms with van der Waals surface area (Å²) in [6.45, 7) is 0.507. The van der Waals surface area contributed by atoms with Gasteiger partial charge in [0, 0.05) is 7.11 Å². The van der Waals surface area contributed by atoms with Gasteiger partial charge in [0.25, 0.3) is 0 Å². The Morgan fingerprint density at radius 1 is 0.759 bits per heavy atom. The molecule has 0 bridgehead atoms. The minimum absolute atomic E-state index is 0.0328.